The molecule has 0 saturated carbocycles. The summed E-state index contributed by atoms with van der Waals surface area (Å²) in [6.45, 7) is 6.49. The van der Waals surface area contributed by atoms with Crippen LogP contribution in [0.15, 0.2) is 60.0 Å². The highest BCUT2D eigenvalue weighted by atomic mass is 35.5. The molecule has 150 valence electrons. The lowest BCUT2D eigenvalue weighted by Crippen LogP contribution is -2.27. The van der Waals surface area contributed by atoms with Gasteiger partial charge in [0.2, 0.25) is 0 Å². The summed E-state index contributed by atoms with van der Waals surface area (Å²) in [5, 5.41) is 0.198. The minimum atomic E-state index is -0.343. The van der Waals surface area contributed by atoms with E-state index >= 15 is 0 Å². The molecule has 1 fully saturated rings. The van der Waals surface area contributed by atoms with Crippen molar-refractivity contribution in [2.45, 2.75) is 13.5 Å². The molecule has 1 aliphatic rings. The smallest absolute Gasteiger partial charge is 0.293 e. The third-order valence-electron chi connectivity index (χ3n) is 4.08. The van der Waals surface area contributed by atoms with Crippen LogP contribution >= 0.6 is 23.4 Å². The molecule has 0 N–H and O–H groups in total. The van der Waals surface area contributed by atoms with Gasteiger partial charge in [0.15, 0.2) is 11.5 Å². The van der Waals surface area contributed by atoms with E-state index < -0.39 is 0 Å². The molecule has 2 amide bonds. The number of ether oxygens (including phenoxy) is 2. The number of hydrogen-bond acceptors (Lipinski definition) is 5. The molecule has 7 heteroatoms. The first-order valence-electron chi connectivity index (χ1n) is 9.02. The first-order chi connectivity index (χ1) is 14.0. The van der Waals surface area contributed by atoms with Crippen LogP contribution in [-0.4, -0.2) is 29.3 Å². The highest BCUT2D eigenvalue weighted by Gasteiger charge is 2.35. The molecule has 1 aliphatic heterocycles. The monoisotopic (exact) mass is 429 g/mol. The molecule has 0 radical (unpaired) electrons. The van der Waals surface area contributed by atoms with E-state index in [1.165, 1.54) is 4.90 Å². The summed E-state index contributed by atoms with van der Waals surface area (Å²) >= 11 is 7.07. The molecule has 1 heterocycles. The van der Waals surface area contributed by atoms with Crippen LogP contribution in [0.2, 0.25) is 5.02 Å². The SMILES string of the molecule is C=CCOc1ccc(C=C2SC(=O)N(Cc3ccccc3Cl)C2=O)cc1OCC. The summed E-state index contributed by atoms with van der Waals surface area (Å²) in [5.74, 6) is 0.819. The summed E-state index contributed by atoms with van der Waals surface area (Å²) in [5.41, 5.74) is 1.46. The zero-order valence-electron chi connectivity index (χ0n) is 15.9. The van der Waals surface area contributed by atoms with Crippen LogP contribution in [-0.2, 0) is 11.3 Å². The quantitative estimate of drug-likeness (QED) is 0.407. The zero-order chi connectivity index (χ0) is 20.8. The van der Waals surface area contributed by atoms with Crippen LogP contribution in [0.1, 0.15) is 18.1 Å². The maximum atomic E-state index is 12.8. The standard InChI is InChI=1S/C22H20ClNO4S/c1-3-11-28-18-10-9-15(12-19(18)27-4-2)13-20-21(25)24(22(26)29-20)14-16-7-5-6-8-17(16)23/h3,5-10,12-13H,1,4,11,14H2,2H3. The maximum Gasteiger partial charge on any atom is 0.293 e. The number of thioether (sulfide) groups is 1. The van der Waals surface area contributed by atoms with Gasteiger partial charge in [0, 0.05) is 5.02 Å². The molecule has 5 nitrogen and oxygen atoms in total. The van der Waals surface area contributed by atoms with Gasteiger partial charge in [-0.2, -0.15) is 0 Å². The van der Waals surface area contributed by atoms with Crippen molar-refractivity contribution < 1.29 is 19.1 Å². The van der Waals surface area contributed by atoms with Gasteiger partial charge in [-0.05, 0) is 54.1 Å². The van der Waals surface area contributed by atoms with Crippen molar-refractivity contribution in [3.05, 3.63) is 76.2 Å². The summed E-state index contributed by atoms with van der Waals surface area (Å²) in [4.78, 5) is 26.7. The summed E-state index contributed by atoms with van der Waals surface area (Å²) in [6, 6.07) is 12.5. The van der Waals surface area contributed by atoms with E-state index in [1.807, 2.05) is 19.1 Å². The predicted molar refractivity (Wildman–Crippen MR) is 116 cm³/mol. The number of benzene rings is 2. The molecule has 0 aliphatic carbocycles. The Morgan fingerprint density at radius 1 is 1.14 bits per heavy atom. The fourth-order valence-electron chi connectivity index (χ4n) is 2.74. The molecule has 2 aromatic carbocycles. The van der Waals surface area contributed by atoms with Gasteiger partial charge in [-0.1, -0.05) is 48.5 Å². The molecule has 29 heavy (non-hydrogen) atoms. The molecular formula is C22H20ClNO4S. The molecule has 0 unspecified atom stereocenters. The van der Waals surface area contributed by atoms with Crippen LogP contribution in [0.3, 0.4) is 0 Å². The van der Waals surface area contributed by atoms with E-state index in [2.05, 4.69) is 6.58 Å². The Morgan fingerprint density at radius 3 is 2.66 bits per heavy atom. The molecule has 0 atom stereocenters. The number of carbonyl (C=O) groups is 2. The van der Waals surface area contributed by atoms with Gasteiger partial charge in [0.05, 0.1) is 18.1 Å². The Morgan fingerprint density at radius 2 is 1.93 bits per heavy atom. The molecular weight excluding hydrogens is 410 g/mol. The second kappa shape index (κ2) is 9.67. The van der Waals surface area contributed by atoms with Gasteiger partial charge in [-0.3, -0.25) is 14.5 Å². The first kappa shape index (κ1) is 21.0. The third-order valence-corrected chi connectivity index (χ3v) is 5.36. The van der Waals surface area contributed by atoms with Crippen molar-refractivity contribution >= 4 is 40.6 Å². The van der Waals surface area contributed by atoms with E-state index in [1.54, 1.807) is 42.5 Å². The number of halogens is 1. The molecule has 0 bridgehead atoms. The lowest BCUT2D eigenvalue weighted by molar-refractivity contribution is -0.123. The van der Waals surface area contributed by atoms with Gasteiger partial charge in [0.1, 0.15) is 6.61 Å². The fourth-order valence-corrected chi connectivity index (χ4v) is 3.77. The second-order valence-corrected chi connectivity index (χ2v) is 7.50. The number of imide groups is 1. The molecule has 1 saturated heterocycles. The second-order valence-electron chi connectivity index (χ2n) is 6.10. The number of carbonyl (C=O) groups excluding carboxylic acids is 2. The van der Waals surface area contributed by atoms with E-state index in [-0.39, 0.29) is 17.7 Å². The normalized spacial score (nSPS) is 15.1. The van der Waals surface area contributed by atoms with Crippen LogP contribution in [0.4, 0.5) is 4.79 Å². The average Bonchev–Trinajstić information content (AvgIpc) is 2.96. The first-order valence-corrected chi connectivity index (χ1v) is 10.2. The average molecular weight is 430 g/mol. The minimum absolute atomic E-state index is 0.139. The maximum absolute atomic E-state index is 12.8. The Kier molecular flexibility index (Phi) is 7.01. The van der Waals surface area contributed by atoms with Crippen molar-refractivity contribution in [2.24, 2.45) is 0 Å². The highest BCUT2D eigenvalue weighted by Crippen LogP contribution is 2.36. The van der Waals surface area contributed by atoms with E-state index in [0.29, 0.717) is 34.6 Å². The number of nitrogens with zero attached hydrogens (tertiary/aromatic N) is 1. The minimum Gasteiger partial charge on any atom is -0.490 e. The molecule has 3 rings (SSSR count). The lowest BCUT2D eigenvalue weighted by Gasteiger charge is -2.13. The summed E-state index contributed by atoms with van der Waals surface area (Å²) in [7, 11) is 0. The topological polar surface area (TPSA) is 55.8 Å². The van der Waals surface area contributed by atoms with Gasteiger partial charge < -0.3 is 9.47 Å². The van der Waals surface area contributed by atoms with Crippen molar-refractivity contribution in [3.8, 4) is 11.5 Å². The summed E-state index contributed by atoms with van der Waals surface area (Å²) in [6.07, 6.45) is 3.33. The number of hydrogen-bond donors (Lipinski definition) is 0. The lowest BCUT2D eigenvalue weighted by atomic mass is 10.1. The summed E-state index contributed by atoms with van der Waals surface area (Å²) < 4.78 is 11.2. The van der Waals surface area contributed by atoms with Gasteiger partial charge in [0.25, 0.3) is 11.1 Å². The van der Waals surface area contributed by atoms with Crippen molar-refractivity contribution in [3.63, 3.8) is 0 Å². The number of amides is 2. The van der Waals surface area contributed by atoms with Gasteiger partial charge in [-0.25, -0.2) is 0 Å². The Bertz CT molecular complexity index is 973. The van der Waals surface area contributed by atoms with Crippen LogP contribution < -0.4 is 9.47 Å². The van der Waals surface area contributed by atoms with Crippen molar-refractivity contribution in [1.82, 2.24) is 4.90 Å². The predicted octanol–water partition coefficient (Wildman–Crippen LogP) is 5.54. The third kappa shape index (κ3) is 5.02. The van der Waals surface area contributed by atoms with Gasteiger partial charge >= 0.3 is 0 Å². The largest absolute Gasteiger partial charge is 0.490 e. The Hall–Kier alpha value is -2.70. The molecule has 2 aromatic rings. The van der Waals surface area contributed by atoms with E-state index in [4.69, 9.17) is 21.1 Å². The zero-order valence-corrected chi connectivity index (χ0v) is 17.5. The van der Waals surface area contributed by atoms with Gasteiger partial charge in [-0.15, -0.1) is 0 Å². The fraction of sp³-hybridized carbons (Fsp3) is 0.182. The molecule has 0 aromatic heterocycles. The van der Waals surface area contributed by atoms with Crippen molar-refractivity contribution in [2.75, 3.05) is 13.2 Å². The van der Waals surface area contributed by atoms with Crippen molar-refractivity contribution in [1.29, 1.82) is 0 Å². The number of rotatable bonds is 8. The van der Waals surface area contributed by atoms with E-state index in [9.17, 15) is 9.59 Å². The van der Waals surface area contributed by atoms with Crippen LogP contribution in [0.5, 0.6) is 11.5 Å². The highest BCUT2D eigenvalue weighted by molar-refractivity contribution is 8.18. The van der Waals surface area contributed by atoms with Crippen LogP contribution in [0.25, 0.3) is 6.08 Å². The Balaban J connectivity index is 1.82. The molecule has 0 spiro atoms. The Labute approximate surface area is 178 Å². The van der Waals surface area contributed by atoms with Crippen LogP contribution in [0, 0.1) is 0 Å². The van der Waals surface area contributed by atoms with E-state index in [0.717, 1.165) is 22.9 Å².